The third-order valence-electron chi connectivity index (χ3n) is 4.37. The summed E-state index contributed by atoms with van der Waals surface area (Å²) in [4.78, 5) is 2.73. The topological polar surface area (TPSA) is 49.4 Å². The Labute approximate surface area is 131 Å². The molecule has 2 fully saturated rings. The smallest absolute Gasteiger partial charge is 0.240 e. The molecule has 0 amide bonds. The van der Waals surface area contributed by atoms with Crippen molar-refractivity contribution >= 4 is 21.6 Å². The van der Waals surface area contributed by atoms with Crippen LogP contribution in [0, 0.1) is 6.92 Å². The van der Waals surface area contributed by atoms with E-state index < -0.39 is 10.0 Å². The molecular weight excluding hydrogens is 308 g/mol. The Bertz CT molecular complexity index is 621. The Hall–Kier alpha value is -0.620. The van der Waals surface area contributed by atoms with Crippen LogP contribution in [-0.2, 0) is 10.0 Å². The van der Waals surface area contributed by atoms with Gasteiger partial charge in [-0.1, -0.05) is 17.7 Å². The van der Waals surface area contributed by atoms with Crippen LogP contribution < -0.4 is 4.72 Å². The molecule has 0 spiro atoms. The first-order valence-electron chi connectivity index (χ1n) is 7.48. The van der Waals surface area contributed by atoms with Crippen LogP contribution in [-0.4, -0.2) is 38.5 Å². The quantitative estimate of drug-likeness (QED) is 0.924. The average Bonchev–Trinajstić information content (AvgIpc) is 3.27. The van der Waals surface area contributed by atoms with Gasteiger partial charge in [-0.05, 0) is 63.4 Å². The van der Waals surface area contributed by atoms with Crippen molar-refractivity contribution in [1.82, 2.24) is 9.62 Å². The van der Waals surface area contributed by atoms with Gasteiger partial charge in [-0.2, -0.15) is 0 Å². The van der Waals surface area contributed by atoms with Gasteiger partial charge in [-0.15, -0.1) is 0 Å². The number of nitrogens with zero attached hydrogens (tertiary/aromatic N) is 1. The zero-order valence-electron chi connectivity index (χ0n) is 12.2. The number of piperidine rings is 1. The van der Waals surface area contributed by atoms with E-state index in [2.05, 4.69) is 9.62 Å². The first-order valence-corrected chi connectivity index (χ1v) is 9.34. The minimum absolute atomic E-state index is 0.0325. The Balaban J connectivity index is 1.64. The first kappa shape index (κ1) is 15.3. The molecule has 2 aliphatic rings. The van der Waals surface area contributed by atoms with Crippen LogP contribution in [0.2, 0.25) is 5.02 Å². The molecule has 0 radical (unpaired) electrons. The van der Waals surface area contributed by atoms with Gasteiger partial charge in [0.1, 0.15) is 0 Å². The molecule has 1 saturated carbocycles. The summed E-state index contributed by atoms with van der Waals surface area (Å²) < 4.78 is 27.6. The summed E-state index contributed by atoms with van der Waals surface area (Å²) in [5, 5.41) is 0.487. The van der Waals surface area contributed by atoms with Gasteiger partial charge < -0.3 is 4.90 Å². The predicted octanol–water partition coefficient (Wildman–Crippen LogP) is 2.55. The van der Waals surface area contributed by atoms with Crippen LogP contribution in [0.4, 0.5) is 0 Å². The number of nitrogens with one attached hydrogen (secondary N) is 1. The SMILES string of the molecule is Cc1ccc(S(=O)(=O)NC2CCN(C3CC3)CC2)cc1Cl. The van der Waals surface area contributed by atoms with Crippen LogP contribution in [0.3, 0.4) is 0 Å². The Morgan fingerprint density at radius 1 is 1.19 bits per heavy atom. The molecule has 1 saturated heterocycles. The second-order valence-corrected chi connectivity index (χ2v) is 8.19. The molecule has 1 aliphatic carbocycles. The van der Waals surface area contributed by atoms with Crippen LogP contribution in [0.5, 0.6) is 0 Å². The van der Waals surface area contributed by atoms with Crippen molar-refractivity contribution < 1.29 is 8.42 Å². The van der Waals surface area contributed by atoms with E-state index in [0.29, 0.717) is 5.02 Å². The van der Waals surface area contributed by atoms with Crippen LogP contribution in [0.25, 0.3) is 0 Å². The lowest BCUT2D eigenvalue weighted by Crippen LogP contribution is -2.45. The van der Waals surface area contributed by atoms with E-state index in [-0.39, 0.29) is 10.9 Å². The molecule has 0 unspecified atom stereocenters. The highest BCUT2D eigenvalue weighted by Gasteiger charge is 2.33. The summed E-state index contributed by atoms with van der Waals surface area (Å²) in [6.45, 7) is 3.85. The first-order chi connectivity index (χ1) is 9.95. The lowest BCUT2D eigenvalue weighted by Gasteiger charge is -2.32. The van der Waals surface area contributed by atoms with Gasteiger partial charge in [0.25, 0.3) is 0 Å². The van der Waals surface area contributed by atoms with E-state index >= 15 is 0 Å². The number of hydrogen-bond donors (Lipinski definition) is 1. The molecule has 116 valence electrons. The fourth-order valence-electron chi connectivity index (χ4n) is 2.85. The maximum absolute atomic E-state index is 12.4. The van der Waals surface area contributed by atoms with Crippen molar-refractivity contribution in [2.24, 2.45) is 0 Å². The lowest BCUT2D eigenvalue weighted by molar-refractivity contribution is 0.199. The van der Waals surface area contributed by atoms with Crippen molar-refractivity contribution in [3.8, 4) is 0 Å². The van der Waals surface area contributed by atoms with E-state index in [1.807, 2.05) is 6.92 Å². The summed E-state index contributed by atoms with van der Waals surface area (Å²) in [6, 6.07) is 5.68. The van der Waals surface area contributed by atoms with Crippen LogP contribution >= 0.6 is 11.6 Å². The number of halogens is 1. The maximum Gasteiger partial charge on any atom is 0.240 e. The highest BCUT2D eigenvalue weighted by atomic mass is 35.5. The normalized spacial score (nSPS) is 21.6. The van der Waals surface area contributed by atoms with Gasteiger partial charge in [0.15, 0.2) is 0 Å². The Kier molecular flexibility index (Phi) is 4.28. The molecule has 1 aromatic rings. The number of aryl methyl sites for hydroxylation is 1. The number of likely N-dealkylation sites (tertiary alicyclic amines) is 1. The third-order valence-corrected chi connectivity index (χ3v) is 6.29. The second-order valence-electron chi connectivity index (χ2n) is 6.07. The fourth-order valence-corrected chi connectivity index (χ4v) is 4.43. The van der Waals surface area contributed by atoms with Crippen molar-refractivity contribution in [2.75, 3.05) is 13.1 Å². The lowest BCUT2D eigenvalue weighted by atomic mass is 10.1. The van der Waals surface area contributed by atoms with Crippen molar-refractivity contribution in [3.05, 3.63) is 28.8 Å². The Morgan fingerprint density at radius 2 is 1.86 bits per heavy atom. The van der Waals surface area contributed by atoms with Crippen molar-refractivity contribution in [3.63, 3.8) is 0 Å². The standard InChI is InChI=1S/C15H21ClN2O2S/c1-11-2-5-14(10-15(11)16)21(19,20)17-12-6-8-18(9-7-12)13-3-4-13/h2,5,10,12-13,17H,3-4,6-9H2,1H3. The molecule has 0 aromatic heterocycles. The second kappa shape index (κ2) is 5.88. The molecule has 6 heteroatoms. The number of sulfonamides is 1. The van der Waals surface area contributed by atoms with Crippen molar-refractivity contribution in [2.45, 2.75) is 49.6 Å². The third kappa shape index (κ3) is 3.59. The highest BCUT2D eigenvalue weighted by molar-refractivity contribution is 7.89. The van der Waals surface area contributed by atoms with Gasteiger partial charge in [-0.3, -0.25) is 0 Å². The van der Waals surface area contributed by atoms with E-state index in [9.17, 15) is 8.42 Å². The van der Waals surface area contributed by atoms with E-state index in [0.717, 1.165) is 37.5 Å². The fraction of sp³-hybridized carbons (Fsp3) is 0.600. The summed E-state index contributed by atoms with van der Waals surface area (Å²) in [6.07, 6.45) is 4.38. The monoisotopic (exact) mass is 328 g/mol. The highest BCUT2D eigenvalue weighted by Crippen LogP contribution is 2.29. The molecule has 1 aliphatic heterocycles. The Morgan fingerprint density at radius 3 is 2.43 bits per heavy atom. The van der Waals surface area contributed by atoms with Gasteiger partial charge in [-0.25, -0.2) is 13.1 Å². The summed E-state index contributed by atoms with van der Waals surface area (Å²) >= 11 is 6.02. The minimum atomic E-state index is -3.47. The summed E-state index contributed by atoms with van der Waals surface area (Å²) in [7, 11) is -3.47. The number of rotatable bonds is 4. The van der Waals surface area contributed by atoms with Gasteiger partial charge >= 0.3 is 0 Å². The molecule has 4 nitrogen and oxygen atoms in total. The molecule has 0 bridgehead atoms. The maximum atomic E-state index is 12.4. The van der Waals surface area contributed by atoms with E-state index in [4.69, 9.17) is 11.6 Å². The van der Waals surface area contributed by atoms with Crippen molar-refractivity contribution in [1.29, 1.82) is 0 Å². The minimum Gasteiger partial charge on any atom is -0.300 e. The zero-order chi connectivity index (χ0) is 15.0. The van der Waals surface area contributed by atoms with Crippen LogP contribution in [0.15, 0.2) is 23.1 Å². The van der Waals surface area contributed by atoms with Gasteiger partial charge in [0.05, 0.1) is 4.90 Å². The average molecular weight is 329 g/mol. The van der Waals surface area contributed by atoms with Gasteiger partial charge in [0.2, 0.25) is 10.0 Å². The summed E-state index contributed by atoms with van der Waals surface area (Å²) in [5.41, 5.74) is 0.883. The van der Waals surface area contributed by atoms with Crippen LogP contribution in [0.1, 0.15) is 31.2 Å². The molecule has 0 atom stereocenters. The van der Waals surface area contributed by atoms with E-state index in [1.165, 1.54) is 18.9 Å². The van der Waals surface area contributed by atoms with E-state index in [1.54, 1.807) is 12.1 Å². The molecule has 1 heterocycles. The summed E-state index contributed by atoms with van der Waals surface area (Å²) in [5.74, 6) is 0. The van der Waals surface area contributed by atoms with Gasteiger partial charge in [0, 0.05) is 17.1 Å². The number of hydrogen-bond acceptors (Lipinski definition) is 3. The zero-order valence-corrected chi connectivity index (χ0v) is 13.8. The molecule has 21 heavy (non-hydrogen) atoms. The molecule has 1 aromatic carbocycles. The number of benzene rings is 1. The molecule has 3 rings (SSSR count). The molecular formula is C15H21ClN2O2S. The predicted molar refractivity (Wildman–Crippen MR) is 84.1 cm³/mol. The largest absolute Gasteiger partial charge is 0.300 e. The molecule has 1 N–H and O–H groups in total.